The number of aryl methyl sites for hydroxylation is 2. The highest BCUT2D eigenvalue weighted by Gasteiger charge is 2.25. The van der Waals surface area contributed by atoms with E-state index in [1.165, 1.54) is 31.2 Å². The zero-order chi connectivity index (χ0) is 11.0. The highest BCUT2D eigenvalue weighted by atomic mass is 15.0. The third-order valence-electron chi connectivity index (χ3n) is 4.08. The van der Waals surface area contributed by atoms with Crippen LogP contribution in [-0.2, 0) is 12.8 Å². The van der Waals surface area contributed by atoms with E-state index in [0.29, 0.717) is 5.92 Å². The van der Waals surface area contributed by atoms with Crippen molar-refractivity contribution in [3.8, 4) is 0 Å². The Balaban J connectivity index is 1.84. The second kappa shape index (κ2) is 4.19. The van der Waals surface area contributed by atoms with Gasteiger partial charge in [0.25, 0.3) is 0 Å². The summed E-state index contributed by atoms with van der Waals surface area (Å²) in [6, 6.07) is 7.13. The van der Waals surface area contributed by atoms with Gasteiger partial charge in [0.05, 0.1) is 0 Å². The van der Waals surface area contributed by atoms with Crippen molar-refractivity contribution in [1.29, 1.82) is 0 Å². The second-order valence-corrected chi connectivity index (χ2v) is 5.18. The summed E-state index contributed by atoms with van der Waals surface area (Å²) >= 11 is 0. The minimum Gasteiger partial charge on any atom is -0.324 e. The minimum absolute atomic E-state index is 0.230. The highest BCUT2D eigenvalue weighted by molar-refractivity contribution is 5.35. The van der Waals surface area contributed by atoms with Crippen LogP contribution in [0.15, 0.2) is 18.2 Å². The maximum Gasteiger partial charge on any atom is 0.0348 e. The van der Waals surface area contributed by atoms with Gasteiger partial charge in [-0.15, -0.1) is 0 Å². The first-order chi connectivity index (χ1) is 7.84. The Morgan fingerprint density at radius 1 is 1.12 bits per heavy atom. The maximum atomic E-state index is 6.29. The van der Waals surface area contributed by atoms with E-state index in [1.807, 2.05) is 0 Å². The van der Waals surface area contributed by atoms with Gasteiger partial charge in [-0.2, -0.15) is 0 Å². The molecule has 0 spiro atoms. The van der Waals surface area contributed by atoms with E-state index in [-0.39, 0.29) is 6.04 Å². The van der Waals surface area contributed by atoms with Crippen LogP contribution in [0.4, 0.5) is 0 Å². The zero-order valence-corrected chi connectivity index (χ0v) is 9.71. The Morgan fingerprint density at radius 3 is 2.56 bits per heavy atom. The van der Waals surface area contributed by atoms with Gasteiger partial charge < -0.3 is 11.1 Å². The molecule has 1 unspecified atom stereocenters. The molecule has 16 heavy (non-hydrogen) atoms. The molecular formula is C14H20N2. The van der Waals surface area contributed by atoms with E-state index in [4.69, 9.17) is 5.73 Å². The van der Waals surface area contributed by atoms with Crippen molar-refractivity contribution in [2.45, 2.75) is 31.7 Å². The Morgan fingerprint density at radius 2 is 1.88 bits per heavy atom. The van der Waals surface area contributed by atoms with E-state index in [0.717, 1.165) is 13.1 Å². The Kier molecular flexibility index (Phi) is 2.70. The second-order valence-electron chi connectivity index (χ2n) is 5.18. The van der Waals surface area contributed by atoms with Gasteiger partial charge in [0.2, 0.25) is 0 Å². The summed E-state index contributed by atoms with van der Waals surface area (Å²) in [6.45, 7) is 2.16. The molecule has 1 aromatic rings. The first-order valence-corrected chi connectivity index (χ1v) is 6.42. The third-order valence-corrected chi connectivity index (χ3v) is 4.08. The molecule has 0 aromatic heterocycles. The number of nitrogens with two attached hydrogens (primary N) is 1. The van der Waals surface area contributed by atoms with E-state index >= 15 is 0 Å². The summed E-state index contributed by atoms with van der Waals surface area (Å²) in [4.78, 5) is 0. The Bertz CT molecular complexity index is 382. The van der Waals surface area contributed by atoms with E-state index in [2.05, 4.69) is 23.5 Å². The fourth-order valence-electron chi connectivity index (χ4n) is 2.80. The summed E-state index contributed by atoms with van der Waals surface area (Å²) in [5.74, 6) is 0.640. The van der Waals surface area contributed by atoms with E-state index in [1.54, 1.807) is 11.1 Å². The normalized spacial score (nSPS) is 22.3. The molecule has 1 atom stereocenters. The van der Waals surface area contributed by atoms with Crippen LogP contribution in [0.25, 0.3) is 0 Å². The number of hydrogen-bond donors (Lipinski definition) is 2. The van der Waals surface area contributed by atoms with Gasteiger partial charge in [0, 0.05) is 25.0 Å². The van der Waals surface area contributed by atoms with E-state index in [9.17, 15) is 0 Å². The van der Waals surface area contributed by atoms with E-state index < -0.39 is 0 Å². The third kappa shape index (κ3) is 1.76. The standard InChI is InChI=1S/C14H20N2/c15-14(13-8-16-9-13)12-6-5-10-3-1-2-4-11(10)7-12/h5-7,13-14,16H,1-4,8-9,15H2. The van der Waals surface area contributed by atoms with Crippen molar-refractivity contribution in [1.82, 2.24) is 5.32 Å². The molecule has 1 aliphatic carbocycles. The molecule has 1 aromatic carbocycles. The number of rotatable bonds is 2. The fraction of sp³-hybridized carbons (Fsp3) is 0.571. The molecule has 0 amide bonds. The van der Waals surface area contributed by atoms with Gasteiger partial charge in [-0.1, -0.05) is 18.2 Å². The van der Waals surface area contributed by atoms with Gasteiger partial charge in [0.1, 0.15) is 0 Å². The van der Waals surface area contributed by atoms with Crippen LogP contribution in [0.2, 0.25) is 0 Å². The maximum absolute atomic E-state index is 6.29. The lowest BCUT2D eigenvalue weighted by molar-refractivity contribution is 0.295. The number of nitrogens with one attached hydrogen (secondary N) is 1. The lowest BCUT2D eigenvalue weighted by Crippen LogP contribution is -2.47. The SMILES string of the molecule is NC(c1ccc2c(c1)CCCC2)C1CNC1. The molecule has 0 radical (unpaired) electrons. The summed E-state index contributed by atoms with van der Waals surface area (Å²) in [5.41, 5.74) is 10.7. The van der Waals surface area contributed by atoms with Crippen LogP contribution in [0.1, 0.15) is 35.6 Å². The topological polar surface area (TPSA) is 38.0 Å². The predicted octanol–water partition coefficient (Wildman–Crippen LogP) is 1.78. The fourth-order valence-corrected chi connectivity index (χ4v) is 2.80. The van der Waals surface area contributed by atoms with Crippen molar-refractivity contribution in [2.75, 3.05) is 13.1 Å². The van der Waals surface area contributed by atoms with Crippen molar-refractivity contribution in [3.05, 3.63) is 34.9 Å². The van der Waals surface area contributed by atoms with Crippen molar-refractivity contribution in [3.63, 3.8) is 0 Å². The molecule has 1 heterocycles. The van der Waals surface area contributed by atoms with Gasteiger partial charge in [-0.3, -0.25) is 0 Å². The highest BCUT2D eigenvalue weighted by Crippen LogP contribution is 2.27. The predicted molar refractivity (Wildman–Crippen MR) is 66.4 cm³/mol. The smallest absolute Gasteiger partial charge is 0.0348 e. The zero-order valence-electron chi connectivity index (χ0n) is 9.71. The largest absolute Gasteiger partial charge is 0.324 e. The molecule has 1 fully saturated rings. The number of benzene rings is 1. The first kappa shape index (κ1) is 10.3. The van der Waals surface area contributed by atoms with Gasteiger partial charge >= 0.3 is 0 Å². The Hall–Kier alpha value is -0.860. The van der Waals surface area contributed by atoms with Crippen LogP contribution in [0, 0.1) is 5.92 Å². The van der Waals surface area contributed by atoms with Crippen molar-refractivity contribution < 1.29 is 0 Å². The molecule has 2 aliphatic rings. The summed E-state index contributed by atoms with van der Waals surface area (Å²) in [5, 5.41) is 3.29. The van der Waals surface area contributed by atoms with Crippen LogP contribution < -0.4 is 11.1 Å². The molecule has 3 N–H and O–H groups in total. The Labute approximate surface area is 97.2 Å². The number of fused-ring (bicyclic) bond motifs is 1. The molecule has 86 valence electrons. The molecule has 1 aliphatic heterocycles. The lowest BCUT2D eigenvalue weighted by atomic mass is 9.85. The average molecular weight is 216 g/mol. The summed E-state index contributed by atoms with van der Waals surface area (Å²) in [6.07, 6.45) is 5.20. The quantitative estimate of drug-likeness (QED) is 0.791. The van der Waals surface area contributed by atoms with Crippen LogP contribution >= 0.6 is 0 Å². The average Bonchev–Trinajstić information content (AvgIpc) is 2.26. The van der Waals surface area contributed by atoms with Crippen molar-refractivity contribution >= 4 is 0 Å². The van der Waals surface area contributed by atoms with Gasteiger partial charge in [-0.25, -0.2) is 0 Å². The van der Waals surface area contributed by atoms with Crippen LogP contribution in [0.5, 0.6) is 0 Å². The molecule has 3 rings (SSSR count). The van der Waals surface area contributed by atoms with Crippen LogP contribution in [0.3, 0.4) is 0 Å². The molecule has 0 saturated carbocycles. The first-order valence-electron chi connectivity index (χ1n) is 6.42. The number of hydrogen-bond acceptors (Lipinski definition) is 2. The molecule has 2 heteroatoms. The van der Waals surface area contributed by atoms with Crippen molar-refractivity contribution in [2.24, 2.45) is 11.7 Å². The van der Waals surface area contributed by atoms with Gasteiger partial charge in [-0.05, 0) is 42.4 Å². The molecule has 2 nitrogen and oxygen atoms in total. The summed E-state index contributed by atoms with van der Waals surface area (Å²) < 4.78 is 0. The van der Waals surface area contributed by atoms with Crippen LogP contribution in [-0.4, -0.2) is 13.1 Å². The monoisotopic (exact) mass is 216 g/mol. The van der Waals surface area contributed by atoms with Gasteiger partial charge in [0.15, 0.2) is 0 Å². The molecule has 1 saturated heterocycles. The molecular weight excluding hydrogens is 196 g/mol. The summed E-state index contributed by atoms with van der Waals surface area (Å²) in [7, 11) is 0. The minimum atomic E-state index is 0.230. The molecule has 0 bridgehead atoms. The lowest BCUT2D eigenvalue weighted by Gasteiger charge is -2.33.